The Morgan fingerprint density at radius 2 is 1.82 bits per heavy atom. The van der Waals surface area contributed by atoms with Gasteiger partial charge in [-0.05, 0) is 19.8 Å². The van der Waals surface area contributed by atoms with E-state index in [0.29, 0.717) is 4.43 Å². The largest absolute Gasteiger partial charge is 0.446 e. The first-order valence-corrected chi connectivity index (χ1v) is 8.25. The number of rotatable bonds is 6. The molecule has 2 N–H and O–H groups in total. The lowest BCUT2D eigenvalue weighted by Gasteiger charge is -2.20. The minimum absolute atomic E-state index is 0.143. The summed E-state index contributed by atoms with van der Waals surface area (Å²) in [5.74, 6) is 0.143. The van der Waals surface area contributed by atoms with Crippen LogP contribution in [0.15, 0.2) is 0 Å². The highest BCUT2D eigenvalue weighted by Gasteiger charge is 2.22. The number of carbonyl (C=O) groups is 1. The van der Waals surface area contributed by atoms with Crippen molar-refractivity contribution in [2.45, 2.75) is 39.8 Å². The first-order chi connectivity index (χ1) is 7.68. The quantitative estimate of drug-likeness (QED) is 0.541. The second-order valence-corrected chi connectivity index (χ2v) is 6.51. The Labute approximate surface area is 116 Å². The number of hydrogen-bond acceptors (Lipinski definition) is 4. The van der Waals surface area contributed by atoms with Gasteiger partial charge in [-0.3, -0.25) is 0 Å². The first kappa shape index (κ1) is 16.9. The fourth-order valence-electron chi connectivity index (χ4n) is 0.922. The molecule has 0 aromatic rings. The summed E-state index contributed by atoms with van der Waals surface area (Å²) in [4.78, 5) is 11.2. The lowest BCUT2D eigenvalue weighted by molar-refractivity contribution is 0.121. The normalized spacial score (nSPS) is 13.8. The Bertz CT molecular complexity index is 343. The van der Waals surface area contributed by atoms with E-state index in [-0.39, 0.29) is 18.1 Å². The van der Waals surface area contributed by atoms with Gasteiger partial charge in [-0.25, -0.2) is 9.52 Å². The number of hydrogen-bond donors (Lipinski definition) is 2. The van der Waals surface area contributed by atoms with Gasteiger partial charge in [0.05, 0.1) is 6.10 Å². The number of carbonyl (C=O) groups excluding carboxylic acids is 1. The minimum Gasteiger partial charge on any atom is -0.446 e. The van der Waals surface area contributed by atoms with Crippen molar-refractivity contribution >= 4 is 38.9 Å². The zero-order valence-corrected chi connectivity index (χ0v) is 13.3. The van der Waals surface area contributed by atoms with Crippen molar-refractivity contribution in [3.63, 3.8) is 0 Å². The second-order valence-electron chi connectivity index (χ2n) is 4.18. The van der Waals surface area contributed by atoms with Crippen molar-refractivity contribution in [1.82, 2.24) is 9.44 Å². The predicted molar refractivity (Wildman–Crippen MR) is 74.3 cm³/mol. The van der Waals surface area contributed by atoms with Crippen LogP contribution < -0.4 is 9.44 Å². The van der Waals surface area contributed by atoms with Crippen LogP contribution in [0.5, 0.6) is 0 Å². The van der Waals surface area contributed by atoms with Gasteiger partial charge in [-0.1, -0.05) is 36.4 Å². The average molecular weight is 378 g/mol. The Kier molecular flexibility index (Phi) is 7.33. The highest BCUT2D eigenvalue weighted by molar-refractivity contribution is 14.1. The van der Waals surface area contributed by atoms with Crippen LogP contribution in [0.25, 0.3) is 0 Å². The van der Waals surface area contributed by atoms with Crippen LogP contribution in [0.1, 0.15) is 27.7 Å². The van der Waals surface area contributed by atoms with Gasteiger partial charge in [0, 0.05) is 10.5 Å². The number of nitrogens with one attached hydrogen (secondary N) is 2. The molecule has 0 saturated carbocycles. The van der Waals surface area contributed by atoms with E-state index >= 15 is 0 Å². The molecule has 0 saturated heterocycles. The molecular weight excluding hydrogens is 359 g/mol. The zero-order valence-electron chi connectivity index (χ0n) is 10.4. The van der Waals surface area contributed by atoms with Gasteiger partial charge in [0.2, 0.25) is 0 Å². The Balaban J connectivity index is 4.43. The number of alkyl halides is 1. The van der Waals surface area contributed by atoms with Gasteiger partial charge >= 0.3 is 16.3 Å². The smallest absolute Gasteiger partial charge is 0.422 e. The first-order valence-electron chi connectivity index (χ1n) is 5.24. The van der Waals surface area contributed by atoms with E-state index in [1.165, 1.54) is 0 Å². The van der Waals surface area contributed by atoms with Crippen LogP contribution in [-0.4, -0.2) is 31.1 Å². The standard InChI is InChI=1S/C9H19IN2O4S/c1-6(2)8(5-10)11-17(14,15)12-9(13)16-7(3)4/h6-8,11H,5H2,1-4H3,(H,12,13). The topological polar surface area (TPSA) is 84.5 Å². The monoisotopic (exact) mass is 378 g/mol. The Hall–Kier alpha value is -0.0900. The van der Waals surface area contributed by atoms with Gasteiger partial charge in [0.15, 0.2) is 0 Å². The third kappa shape index (κ3) is 7.77. The molecule has 102 valence electrons. The molecule has 1 unspecified atom stereocenters. The number of ether oxygens (including phenoxy) is 1. The molecule has 0 rings (SSSR count). The molecule has 6 nitrogen and oxygen atoms in total. The van der Waals surface area contributed by atoms with Crippen molar-refractivity contribution < 1.29 is 17.9 Å². The van der Waals surface area contributed by atoms with Gasteiger partial charge in [-0.15, -0.1) is 0 Å². The maximum absolute atomic E-state index is 11.6. The second kappa shape index (κ2) is 7.37. The van der Waals surface area contributed by atoms with Crippen molar-refractivity contribution in [3.8, 4) is 0 Å². The highest BCUT2D eigenvalue weighted by atomic mass is 127. The molecule has 1 amide bonds. The molecule has 0 aliphatic heterocycles. The lowest BCUT2D eigenvalue weighted by Crippen LogP contribution is -2.48. The molecule has 0 aliphatic carbocycles. The van der Waals surface area contributed by atoms with Gasteiger partial charge in [0.25, 0.3) is 0 Å². The summed E-state index contributed by atoms with van der Waals surface area (Å²) >= 11 is 2.09. The maximum atomic E-state index is 11.6. The predicted octanol–water partition coefficient (Wildman–Crippen LogP) is 1.41. The summed E-state index contributed by atoms with van der Waals surface area (Å²) in [7, 11) is -3.86. The summed E-state index contributed by atoms with van der Waals surface area (Å²) in [6, 6.07) is -0.222. The maximum Gasteiger partial charge on any atom is 0.422 e. The van der Waals surface area contributed by atoms with E-state index in [4.69, 9.17) is 4.74 Å². The van der Waals surface area contributed by atoms with E-state index in [0.717, 1.165) is 0 Å². The molecule has 8 heteroatoms. The third-order valence-electron chi connectivity index (χ3n) is 1.84. The van der Waals surface area contributed by atoms with Crippen molar-refractivity contribution in [1.29, 1.82) is 0 Å². The highest BCUT2D eigenvalue weighted by Crippen LogP contribution is 2.06. The summed E-state index contributed by atoms with van der Waals surface area (Å²) < 4.78 is 32.7. The molecular formula is C9H19IN2O4S. The average Bonchev–Trinajstić information content (AvgIpc) is 2.11. The fraction of sp³-hybridized carbons (Fsp3) is 0.889. The molecule has 0 aromatic heterocycles. The number of amides is 1. The molecule has 1 atom stereocenters. The molecule has 0 aliphatic rings. The SMILES string of the molecule is CC(C)OC(=O)NS(=O)(=O)NC(CI)C(C)C. The summed E-state index contributed by atoms with van der Waals surface area (Å²) in [5.41, 5.74) is 0. The molecule has 0 bridgehead atoms. The van der Waals surface area contributed by atoms with Crippen LogP contribution in [-0.2, 0) is 14.9 Å². The third-order valence-corrected chi connectivity index (χ3v) is 3.84. The van der Waals surface area contributed by atoms with E-state index < -0.39 is 16.3 Å². The van der Waals surface area contributed by atoms with Crippen LogP contribution in [0.4, 0.5) is 4.79 Å². The van der Waals surface area contributed by atoms with Crippen molar-refractivity contribution in [3.05, 3.63) is 0 Å². The summed E-state index contributed by atoms with van der Waals surface area (Å²) in [6.45, 7) is 7.08. The van der Waals surface area contributed by atoms with Crippen molar-refractivity contribution in [2.24, 2.45) is 5.92 Å². The fourth-order valence-corrected chi connectivity index (χ4v) is 3.54. The molecule has 0 radical (unpaired) electrons. The van der Waals surface area contributed by atoms with E-state index in [9.17, 15) is 13.2 Å². The molecule has 17 heavy (non-hydrogen) atoms. The Morgan fingerprint density at radius 1 is 1.29 bits per heavy atom. The van der Waals surface area contributed by atoms with Gasteiger partial charge < -0.3 is 4.74 Å². The number of halogens is 1. The van der Waals surface area contributed by atoms with Crippen LogP contribution in [0.2, 0.25) is 0 Å². The van der Waals surface area contributed by atoms with Gasteiger partial charge in [0.1, 0.15) is 0 Å². The van der Waals surface area contributed by atoms with Crippen LogP contribution >= 0.6 is 22.6 Å². The summed E-state index contributed by atoms with van der Waals surface area (Å²) in [5, 5.41) is 0. The molecule has 0 fully saturated rings. The van der Waals surface area contributed by atoms with Crippen LogP contribution in [0.3, 0.4) is 0 Å². The van der Waals surface area contributed by atoms with Gasteiger partial charge in [-0.2, -0.15) is 13.1 Å². The van der Waals surface area contributed by atoms with Crippen molar-refractivity contribution in [2.75, 3.05) is 4.43 Å². The van der Waals surface area contributed by atoms with E-state index in [1.807, 2.05) is 13.8 Å². The molecule has 0 aromatic carbocycles. The molecule has 0 spiro atoms. The van der Waals surface area contributed by atoms with E-state index in [2.05, 4.69) is 27.3 Å². The summed E-state index contributed by atoms with van der Waals surface area (Å²) in [6.07, 6.45) is -1.33. The molecule has 0 heterocycles. The van der Waals surface area contributed by atoms with E-state index in [1.54, 1.807) is 18.6 Å². The zero-order chi connectivity index (χ0) is 13.6. The Morgan fingerprint density at radius 3 is 2.18 bits per heavy atom. The minimum atomic E-state index is -3.86. The van der Waals surface area contributed by atoms with Crippen LogP contribution in [0, 0.1) is 5.92 Å². The lowest BCUT2D eigenvalue weighted by atomic mass is 10.1.